The molecular weight excluding hydrogens is 487 g/mol. The lowest BCUT2D eigenvalue weighted by atomic mass is 10.1. The number of nitrogens with zero attached hydrogens (tertiary/aromatic N) is 1. The van der Waals surface area contributed by atoms with E-state index in [1.165, 1.54) is 30.3 Å². The molecular formula is C23H14Cl2N2O7. The highest BCUT2D eigenvalue weighted by Crippen LogP contribution is 2.31. The Morgan fingerprint density at radius 1 is 1.03 bits per heavy atom. The van der Waals surface area contributed by atoms with Crippen LogP contribution in [0.5, 0.6) is 5.88 Å². The van der Waals surface area contributed by atoms with Gasteiger partial charge in [0.1, 0.15) is 5.69 Å². The van der Waals surface area contributed by atoms with Crippen LogP contribution in [-0.2, 0) is 4.74 Å². The number of aromatic nitrogens is 1. The molecule has 11 heteroatoms. The van der Waals surface area contributed by atoms with Gasteiger partial charge in [-0.3, -0.25) is 9.59 Å². The van der Waals surface area contributed by atoms with Gasteiger partial charge < -0.3 is 19.6 Å². The van der Waals surface area contributed by atoms with E-state index >= 15 is 0 Å². The molecule has 34 heavy (non-hydrogen) atoms. The molecule has 0 saturated heterocycles. The molecule has 0 saturated carbocycles. The fraction of sp³-hybridized carbons (Fsp3) is 0.0435. The minimum atomic E-state index is -1.10. The van der Waals surface area contributed by atoms with Crippen molar-refractivity contribution >= 4 is 51.7 Å². The Labute approximate surface area is 200 Å². The van der Waals surface area contributed by atoms with E-state index in [1.54, 1.807) is 18.2 Å². The second kappa shape index (κ2) is 9.05. The van der Waals surface area contributed by atoms with Crippen LogP contribution in [0.1, 0.15) is 20.7 Å². The number of ether oxygens (including phenoxy) is 1. The molecule has 2 aromatic carbocycles. The van der Waals surface area contributed by atoms with Gasteiger partial charge in [0.2, 0.25) is 5.88 Å². The van der Waals surface area contributed by atoms with Crippen LogP contribution in [-0.4, -0.2) is 28.7 Å². The summed E-state index contributed by atoms with van der Waals surface area (Å²) in [7, 11) is 1.04. The number of carbonyl (C=O) groups is 2. The quantitative estimate of drug-likeness (QED) is 0.405. The molecule has 1 amide bonds. The van der Waals surface area contributed by atoms with E-state index < -0.39 is 40.1 Å². The van der Waals surface area contributed by atoms with Gasteiger partial charge in [0.25, 0.3) is 11.5 Å². The molecule has 0 aliphatic rings. The molecule has 0 aliphatic carbocycles. The number of hydrogen-bond acceptors (Lipinski definition) is 7. The van der Waals surface area contributed by atoms with Crippen LogP contribution in [0.4, 0.5) is 5.69 Å². The fourth-order valence-corrected chi connectivity index (χ4v) is 3.56. The molecule has 172 valence electrons. The first kappa shape index (κ1) is 23.1. The molecule has 0 fully saturated rings. The number of carbonyl (C=O) groups excluding carboxylic acids is 2. The predicted molar refractivity (Wildman–Crippen MR) is 126 cm³/mol. The Bertz CT molecular complexity index is 1580. The summed E-state index contributed by atoms with van der Waals surface area (Å²) < 4.78 is 10.6. The van der Waals surface area contributed by atoms with Gasteiger partial charge in [0.05, 0.1) is 28.2 Å². The number of nitrogens with one attached hydrogen (secondary N) is 1. The van der Waals surface area contributed by atoms with E-state index in [0.717, 1.165) is 17.7 Å². The lowest BCUT2D eigenvalue weighted by molar-refractivity contribution is 0.0599. The van der Waals surface area contributed by atoms with Gasteiger partial charge in [-0.25, -0.2) is 14.2 Å². The molecule has 0 spiro atoms. The number of halogens is 2. The number of amides is 1. The lowest BCUT2D eigenvalue weighted by Crippen LogP contribution is -2.27. The summed E-state index contributed by atoms with van der Waals surface area (Å²) >= 11 is 12.0. The van der Waals surface area contributed by atoms with Crippen molar-refractivity contribution in [2.45, 2.75) is 0 Å². The number of fused-ring (bicyclic) bond motifs is 1. The SMILES string of the molecule is COC(=O)c1c(=O)n(-c2ccc(Cl)c(Cl)c2)c(O)c2cc(NC(=O)c3ccccc3)c(=O)oc12. The molecule has 9 nitrogen and oxygen atoms in total. The second-order valence-electron chi connectivity index (χ2n) is 6.94. The molecule has 0 aliphatic heterocycles. The molecule has 0 bridgehead atoms. The number of anilines is 1. The van der Waals surface area contributed by atoms with Crippen LogP contribution >= 0.6 is 23.2 Å². The smallest absolute Gasteiger partial charge is 0.360 e. The number of esters is 1. The van der Waals surface area contributed by atoms with E-state index in [1.807, 2.05) is 0 Å². The van der Waals surface area contributed by atoms with Gasteiger partial charge in [0.15, 0.2) is 11.1 Å². The predicted octanol–water partition coefficient (Wildman–Crippen LogP) is 4.00. The van der Waals surface area contributed by atoms with Gasteiger partial charge in [-0.2, -0.15) is 0 Å². The van der Waals surface area contributed by atoms with Crippen LogP contribution in [0.15, 0.2) is 68.6 Å². The van der Waals surface area contributed by atoms with Crippen molar-refractivity contribution in [3.63, 3.8) is 0 Å². The van der Waals surface area contributed by atoms with Gasteiger partial charge >= 0.3 is 11.6 Å². The topological polar surface area (TPSA) is 128 Å². The van der Waals surface area contributed by atoms with Gasteiger partial charge in [0, 0.05) is 5.56 Å². The van der Waals surface area contributed by atoms with E-state index in [-0.39, 0.29) is 32.4 Å². The molecule has 2 heterocycles. The Morgan fingerprint density at radius 3 is 2.38 bits per heavy atom. The normalized spacial score (nSPS) is 10.8. The first-order chi connectivity index (χ1) is 16.2. The van der Waals surface area contributed by atoms with Crippen LogP contribution in [0.2, 0.25) is 10.0 Å². The van der Waals surface area contributed by atoms with Crippen molar-refractivity contribution in [2.75, 3.05) is 12.4 Å². The first-order valence-corrected chi connectivity index (χ1v) is 10.3. The van der Waals surface area contributed by atoms with Gasteiger partial charge in [-0.15, -0.1) is 0 Å². The van der Waals surface area contributed by atoms with Crippen LogP contribution in [0, 0.1) is 0 Å². The Kier molecular flexibility index (Phi) is 6.14. The molecule has 4 aromatic rings. The number of hydrogen-bond donors (Lipinski definition) is 2. The van der Waals surface area contributed by atoms with Crippen molar-refractivity contribution in [1.29, 1.82) is 0 Å². The first-order valence-electron chi connectivity index (χ1n) is 9.59. The summed E-state index contributed by atoms with van der Waals surface area (Å²) in [4.78, 5) is 50.7. The minimum Gasteiger partial charge on any atom is -0.494 e. The summed E-state index contributed by atoms with van der Waals surface area (Å²) in [6, 6.07) is 13.2. The molecule has 0 atom stereocenters. The Morgan fingerprint density at radius 2 is 1.74 bits per heavy atom. The molecule has 4 rings (SSSR count). The zero-order valence-corrected chi connectivity index (χ0v) is 18.8. The molecule has 0 unspecified atom stereocenters. The third-order valence-corrected chi connectivity index (χ3v) is 5.62. The van der Waals surface area contributed by atoms with Crippen LogP contribution in [0.25, 0.3) is 16.7 Å². The molecule has 2 aromatic heterocycles. The second-order valence-corrected chi connectivity index (χ2v) is 7.75. The number of rotatable bonds is 4. The Hall–Kier alpha value is -4.08. The zero-order valence-electron chi connectivity index (χ0n) is 17.3. The van der Waals surface area contributed by atoms with E-state index in [0.29, 0.717) is 0 Å². The fourth-order valence-electron chi connectivity index (χ4n) is 3.27. The van der Waals surface area contributed by atoms with Crippen molar-refractivity contribution in [1.82, 2.24) is 4.57 Å². The van der Waals surface area contributed by atoms with E-state index in [9.17, 15) is 24.3 Å². The standard InChI is InChI=1S/C23H14Cl2N2O7/c1-33-23(32)17-18-13(20(29)27(21(17)30)12-7-8-14(24)15(25)9-12)10-16(22(31)34-18)26-19(28)11-5-3-2-4-6-11/h2-10,29H,1H3,(H,26,28). The van der Waals surface area contributed by atoms with E-state index in [4.69, 9.17) is 27.6 Å². The zero-order chi connectivity index (χ0) is 24.6. The average molecular weight is 501 g/mol. The summed E-state index contributed by atoms with van der Waals surface area (Å²) in [6.07, 6.45) is 0. The van der Waals surface area contributed by atoms with Crippen molar-refractivity contribution in [3.8, 4) is 11.6 Å². The summed E-state index contributed by atoms with van der Waals surface area (Å²) in [6.45, 7) is 0. The highest BCUT2D eigenvalue weighted by Gasteiger charge is 2.26. The maximum absolute atomic E-state index is 13.2. The van der Waals surface area contributed by atoms with Crippen LogP contribution < -0.4 is 16.5 Å². The van der Waals surface area contributed by atoms with Crippen molar-refractivity contribution in [3.05, 3.63) is 96.5 Å². The van der Waals surface area contributed by atoms with Crippen molar-refractivity contribution in [2.24, 2.45) is 0 Å². The van der Waals surface area contributed by atoms with Gasteiger partial charge in [-0.05, 0) is 36.4 Å². The summed E-state index contributed by atoms with van der Waals surface area (Å²) in [5.74, 6) is -2.39. The molecule has 2 N–H and O–H groups in total. The summed E-state index contributed by atoms with van der Waals surface area (Å²) in [5, 5.41) is 13.4. The lowest BCUT2D eigenvalue weighted by Gasteiger charge is -2.14. The number of pyridine rings is 1. The monoisotopic (exact) mass is 500 g/mol. The Balaban J connectivity index is 1.99. The minimum absolute atomic E-state index is 0.0741. The number of benzene rings is 2. The number of aromatic hydroxyl groups is 1. The average Bonchev–Trinajstić information content (AvgIpc) is 2.82. The summed E-state index contributed by atoms with van der Waals surface area (Å²) in [5.41, 5.74) is -3.21. The largest absolute Gasteiger partial charge is 0.494 e. The van der Waals surface area contributed by atoms with Crippen LogP contribution in [0.3, 0.4) is 0 Å². The van der Waals surface area contributed by atoms with Gasteiger partial charge in [-0.1, -0.05) is 41.4 Å². The number of methoxy groups -OCH3 is 1. The molecule has 0 radical (unpaired) electrons. The highest BCUT2D eigenvalue weighted by atomic mass is 35.5. The highest BCUT2D eigenvalue weighted by molar-refractivity contribution is 6.42. The maximum atomic E-state index is 13.2. The maximum Gasteiger partial charge on any atom is 0.360 e. The third kappa shape index (κ3) is 4.02. The third-order valence-electron chi connectivity index (χ3n) is 4.88. The van der Waals surface area contributed by atoms with Crippen molar-refractivity contribution < 1.29 is 23.8 Å². The van der Waals surface area contributed by atoms with E-state index in [2.05, 4.69) is 10.1 Å².